The zero-order valence-corrected chi connectivity index (χ0v) is 7.84. The van der Waals surface area contributed by atoms with Crippen molar-refractivity contribution in [2.24, 2.45) is 0 Å². The van der Waals surface area contributed by atoms with Crippen molar-refractivity contribution in [3.63, 3.8) is 0 Å². The molecule has 24 valence electrons. The van der Waals surface area contributed by atoms with E-state index in [1.807, 2.05) is 0 Å². The van der Waals surface area contributed by atoms with Crippen LogP contribution in [0.5, 0.6) is 0 Å². The Balaban J connectivity index is 0. The van der Waals surface area contributed by atoms with Gasteiger partial charge in [-0.2, -0.15) is 0 Å². The Labute approximate surface area is 49.1 Å². The Morgan fingerprint density at radius 1 is 1.25 bits per heavy atom. The molecule has 0 spiro atoms. The van der Waals surface area contributed by atoms with E-state index < -0.39 is 0 Å². The standard InChI is InChI=1S/2CH3.BrH.In/h2*1H3;1H;/q;;;+1/p-1. The molecule has 0 bridgehead atoms. The van der Waals surface area contributed by atoms with Crippen molar-refractivity contribution in [2.75, 3.05) is 0 Å². The molecule has 2 heteroatoms. The Morgan fingerprint density at radius 3 is 1.25 bits per heavy atom. The van der Waals surface area contributed by atoms with Crippen LogP contribution in [-0.2, 0) is 0 Å². The van der Waals surface area contributed by atoms with Crippen molar-refractivity contribution in [3.8, 4) is 0 Å². The molecule has 0 aromatic heterocycles. The first kappa shape index (κ1) is 9.02. The molecule has 0 saturated heterocycles. The summed E-state index contributed by atoms with van der Waals surface area (Å²) in [5.41, 5.74) is 0. The second-order valence-corrected chi connectivity index (χ2v) is 3.87. The maximum absolute atomic E-state index is 2.32. The molecule has 0 amide bonds. The van der Waals surface area contributed by atoms with Crippen molar-refractivity contribution in [2.45, 2.75) is 9.36 Å². The van der Waals surface area contributed by atoms with E-state index in [4.69, 9.17) is 0 Å². The van der Waals surface area contributed by atoms with E-state index in [-0.39, 0.29) is 39.9 Å². The topological polar surface area (TPSA) is 0 Å². The summed E-state index contributed by atoms with van der Waals surface area (Å²) >= 11 is 0.110. The summed E-state index contributed by atoms with van der Waals surface area (Å²) in [6.07, 6.45) is 0. The van der Waals surface area contributed by atoms with Crippen molar-refractivity contribution in [1.29, 1.82) is 0 Å². The second-order valence-electron chi connectivity index (χ2n) is 0.577. The first-order valence-corrected chi connectivity index (χ1v) is 7.75. The zero-order valence-electron chi connectivity index (χ0n) is 2.96. The molecule has 0 aliphatic carbocycles. The summed E-state index contributed by atoms with van der Waals surface area (Å²) in [6, 6.07) is 0. The van der Waals surface area contributed by atoms with E-state index in [0.29, 0.717) is 0 Å². The van der Waals surface area contributed by atoms with Gasteiger partial charge in [0, 0.05) is 0 Å². The second kappa shape index (κ2) is 8.84. The van der Waals surface area contributed by atoms with Crippen molar-refractivity contribution < 1.29 is 17.0 Å². The molecule has 0 aromatic carbocycles. The monoisotopic (exact) mass is 224 g/mol. The van der Waals surface area contributed by atoms with Crippen LogP contribution >= 0.6 is 0 Å². The van der Waals surface area contributed by atoms with Crippen molar-refractivity contribution >= 4 is 22.9 Å². The Morgan fingerprint density at radius 2 is 1.25 bits per heavy atom. The molecule has 0 aliphatic heterocycles. The van der Waals surface area contributed by atoms with Gasteiger partial charge in [-0.15, -0.1) is 0 Å². The first-order valence-electron chi connectivity index (χ1n) is 1.15. The van der Waals surface area contributed by atoms with Crippen molar-refractivity contribution in [3.05, 3.63) is 0 Å². The maximum atomic E-state index is 2.32. The van der Waals surface area contributed by atoms with Gasteiger partial charge in [0.15, 0.2) is 0 Å². The fourth-order valence-corrected chi connectivity index (χ4v) is 0. The van der Waals surface area contributed by atoms with Gasteiger partial charge in [-0.3, -0.25) is 0 Å². The van der Waals surface area contributed by atoms with Gasteiger partial charge < -0.3 is 17.0 Å². The Bertz CT molecular complexity index is 6.00. The molecule has 0 heterocycles. The van der Waals surface area contributed by atoms with Crippen LogP contribution < -0.4 is 17.0 Å². The Kier molecular flexibility index (Phi) is 19.9. The van der Waals surface area contributed by atoms with Crippen LogP contribution in [0.25, 0.3) is 0 Å². The average Bonchev–Trinajstić information content (AvgIpc) is 0.918. The summed E-state index contributed by atoms with van der Waals surface area (Å²) in [5.74, 6) is 0. The molecule has 0 rings (SSSR count). The van der Waals surface area contributed by atoms with Crippen molar-refractivity contribution in [1.82, 2.24) is 0 Å². The molecule has 0 fully saturated rings. The van der Waals surface area contributed by atoms with E-state index >= 15 is 0 Å². The van der Waals surface area contributed by atoms with Gasteiger partial charge in [0.2, 0.25) is 0 Å². The fraction of sp³-hybridized carbons (Fsp3) is 1.00. The summed E-state index contributed by atoms with van der Waals surface area (Å²) in [6.45, 7) is 0. The number of hydrogen-bond donors (Lipinski definition) is 0. The van der Waals surface area contributed by atoms with E-state index in [2.05, 4.69) is 9.36 Å². The van der Waals surface area contributed by atoms with Crippen LogP contribution in [0.15, 0.2) is 0 Å². The molecule has 4 heavy (non-hydrogen) atoms. The molecule has 0 N–H and O–H groups in total. The van der Waals surface area contributed by atoms with Gasteiger partial charge in [0.25, 0.3) is 0 Å². The van der Waals surface area contributed by atoms with Gasteiger partial charge in [-0.05, 0) is 0 Å². The average molecular weight is 225 g/mol. The van der Waals surface area contributed by atoms with Gasteiger partial charge in [-0.25, -0.2) is 0 Å². The zero-order chi connectivity index (χ0) is 2.71. The predicted octanol–water partition coefficient (Wildman–Crippen LogP) is -2.21. The molecule has 0 nitrogen and oxygen atoms in total. The van der Waals surface area contributed by atoms with Gasteiger partial charge in [0.1, 0.15) is 0 Å². The molecular weight excluding hydrogens is 219 g/mol. The number of rotatable bonds is 0. The predicted molar refractivity (Wildman–Crippen MR) is 17.5 cm³/mol. The van der Waals surface area contributed by atoms with Crippen LogP contribution in [-0.4, -0.2) is 22.9 Å². The summed E-state index contributed by atoms with van der Waals surface area (Å²) < 4.78 is 4.63. The van der Waals surface area contributed by atoms with E-state index in [1.54, 1.807) is 0 Å². The Hall–Kier alpha value is 1.35. The van der Waals surface area contributed by atoms with Crippen LogP contribution in [0, 0.1) is 0 Å². The SMILES string of the molecule is [Br-].[CH3][In+][CH3]. The summed E-state index contributed by atoms with van der Waals surface area (Å²) in [7, 11) is 0. The molecule has 0 saturated carbocycles. The normalized spacial score (nSPS) is 2.50. The first-order chi connectivity index (χ1) is 1.41. The molecular formula is C2H6BrIn. The molecule has 0 atom stereocenters. The third kappa shape index (κ3) is 10.2. The fourth-order valence-electron chi connectivity index (χ4n) is 0. The molecule has 0 aliphatic rings. The quantitative estimate of drug-likeness (QED) is 0.438. The van der Waals surface area contributed by atoms with E-state index in [9.17, 15) is 0 Å². The number of halogens is 1. The van der Waals surface area contributed by atoms with E-state index in [1.165, 1.54) is 0 Å². The van der Waals surface area contributed by atoms with Crippen LogP contribution in [0.1, 0.15) is 0 Å². The van der Waals surface area contributed by atoms with Gasteiger partial charge in [-0.1, -0.05) is 0 Å². The van der Waals surface area contributed by atoms with E-state index in [0.717, 1.165) is 0 Å². The summed E-state index contributed by atoms with van der Waals surface area (Å²) in [4.78, 5) is 0. The summed E-state index contributed by atoms with van der Waals surface area (Å²) in [5, 5.41) is 0. The molecule has 0 aromatic rings. The minimum absolute atomic E-state index is 0. The number of hydrogen-bond acceptors (Lipinski definition) is 0. The van der Waals surface area contributed by atoms with Gasteiger partial charge >= 0.3 is 32.3 Å². The molecule has 0 radical (unpaired) electrons. The van der Waals surface area contributed by atoms with Crippen LogP contribution in [0.2, 0.25) is 9.36 Å². The third-order valence-electron chi connectivity index (χ3n) is 0. The van der Waals surface area contributed by atoms with Crippen LogP contribution in [0.4, 0.5) is 0 Å². The van der Waals surface area contributed by atoms with Crippen LogP contribution in [0.3, 0.4) is 0 Å². The minimum atomic E-state index is 0. The van der Waals surface area contributed by atoms with Gasteiger partial charge in [0.05, 0.1) is 0 Å². The third-order valence-corrected chi connectivity index (χ3v) is 0. The molecule has 0 unspecified atom stereocenters.